The highest BCUT2D eigenvalue weighted by Crippen LogP contribution is 2.21. The maximum atomic E-state index is 12.3. The van der Waals surface area contributed by atoms with Gasteiger partial charge in [0.1, 0.15) is 0 Å². The number of alkyl halides is 1. The fourth-order valence-electron chi connectivity index (χ4n) is 2.50. The van der Waals surface area contributed by atoms with Crippen LogP contribution in [0.2, 0.25) is 0 Å². The smallest absolute Gasteiger partial charge is 0.293 e. The number of rotatable bonds is 3. The van der Waals surface area contributed by atoms with Gasteiger partial charge >= 0.3 is 0 Å². The molecule has 5 heteroatoms. The molecule has 0 N–H and O–H groups in total. The van der Waals surface area contributed by atoms with Crippen molar-refractivity contribution in [3.8, 4) is 0 Å². The fraction of sp³-hybridized carbons (Fsp3) is 0.692. The molecule has 100 valence electrons. The molecule has 1 aromatic heterocycles. The molecule has 1 aliphatic heterocycles. The van der Waals surface area contributed by atoms with Gasteiger partial charge in [0.25, 0.3) is 5.56 Å². The summed E-state index contributed by atoms with van der Waals surface area (Å²) in [5.41, 5.74) is 0.0350. The molecule has 1 aromatic rings. The Morgan fingerprint density at radius 2 is 2.28 bits per heavy atom. The largest absolute Gasteiger partial charge is 0.348 e. The fourth-order valence-corrected chi connectivity index (χ4v) is 3.17. The molecule has 0 radical (unpaired) electrons. The number of halogens is 1. The maximum absolute atomic E-state index is 12.3. The van der Waals surface area contributed by atoms with Gasteiger partial charge in [-0.15, -0.1) is 0 Å². The van der Waals surface area contributed by atoms with Crippen LogP contribution in [-0.4, -0.2) is 27.5 Å². The number of hydrogen-bond acceptors (Lipinski definition) is 3. The zero-order valence-corrected chi connectivity index (χ0v) is 12.4. The van der Waals surface area contributed by atoms with Crippen LogP contribution in [0.1, 0.15) is 32.6 Å². The molecule has 2 heterocycles. The van der Waals surface area contributed by atoms with Crippen molar-refractivity contribution in [2.45, 2.75) is 45.2 Å². The summed E-state index contributed by atoms with van der Waals surface area (Å²) >= 11 is 3.57. The summed E-state index contributed by atoms with van der Waals surface area (Å²) in [5, 5.41) is 0.898. The number of nitrogens with zero attached hydrogens (tertiary/aromatic N) is 3. The Bertz CT molecular complexity index is 446. The molecule has 0 aromatic carbocycles. The first kappa shape index (κ1) is 13.6. The van der Waals surface area contributed by atoms with Crippen LogP contribution in [0.4, 0.5) is 5.82 Å². The first-order chi connectivity index (χ1) is 8.77. The van der Waals surface area contributed by atoms with E-state index >= 15 is 0 Å². The monoisotopic (exact) mass is 313 g/mol. The Kier molecular flexibility index (Phi) is 4.80. The zero-order valence-electron chi connectivity index (χ0n) is 10.8. The van der Waals surface area contributed by atoms with Crippen molar-refractivity contribution in [3.05, 3.63) is 22.7 Å². The van der Waals surface area contributed by atoms with Gasteiger partial charge in [0.05, 0.1) is 0 Å². The van der Waals surface area contributed by atoms with Crippen molar-refractivity contribution in [1.82, 2.24) is 9.55 Å². The topological polar surface area (TPSA) is 38.1 Å². The highest BCUT2D eigenvalue weighted by atomic mass is 79.9. The van der Waals surface area contributed by atoms with E-state index in [1.807, 2.05) is 6.92 Å². The van der Waals surface area contributed by atoms with Gasteiger partial charge in [0.2, 0.25) is 0 Å². The van der Waals surface area contributed by atoms with E-state index in [4.69, 9.17) is 0 Å². The summed E-state index contributed by atoms with van der Waals surface area (Å²) in [7, 11) is 0. The highest BCUT2D eigenvalue weighted by Gasteiger charge is 2.23. The first-order valence-electron chi connectivity index (χ1n) is 6.66. The van der Waals surface area contributed by atoms with Crippen LogP contribution >= 0.6 is 15.9 Å². The Hall–Kier alpha value is -0.840. The molecule has 0 saturated carbocycles. The lowest BCUT2D eigenvalue weighted by Gasteiger charge is -2.29. The molecule has 0 bridgehead atoms. The summed E-state index contributed by atoms with van der Waals surface area (Å²) in [6, 6.07) is 0.389. The Morgan fingerprint density at radius 3 is 3.00 bits per heavy atom. The van der Waals surface area contributed by atoms with Gasteiger partial charge < -0.3 is 9.47 Å². The number of hydrogen-bond donors (Lipinski definition) is 0. The minimum absolute atomic E-state index is 0.0350. The molecule has 2 rings (SSSR count). The molecule has 1 fully saturated rings. The number of aryl methyl sites for hydroxylation is 1. The van der Waals surface area contributed by atoms with E-state index in [1.54, 1.807) is 17.0 Å². The molecule has 4 nitrogen and oxygen atoms in total. The first-order valence-corrected chi connectivity index (χ1v) is 7.78. The third-order valence-corrected chi connectivity index (χ3v) is 4.31. The maximum Gasteiger partial charge on any atom is 0.293 e. The van der Waals surface area contributed by atoms with Gasteiger partial charge in [-0.25, -0.2) is 4.98 Å². The van der Waals surface area contributed by atoms with Gasteiger partial charge in [-0.05, 0) is 19.8 Å². The summed E-state index contributed by atoms with van der Waals surface area (Å²) in [6.07, 6.45) is 8.25. The average Bonchev–Trinajstić information content (AvgIpc) is 2.64. The second kappa shape index (κ2) is 6.36. The molecular formula is C13H20BrN3O. The molecule has 1 atom stereocenters. The lowest BCUT2D eigenvalue weighted by Crippen LogP contribution is -2.41. The average molecular weight is 314 g/mol. The summed E-state index contributed by atoms with van der Waals surface area (Å²) in [6.45, 7) is 3.61. The van der Waals surface area contributed by atoms with Crippen LogP contribution in [0.5, 0.6) is 0 Å². The van der Waals surface area contributed by atoms with Crippen LogP contribution in [0.15, 0.2) is 17.2 Å². The Labute approximate surface area is 116 Å². The minimum Gasteiger partial charge on any atom is -0.348 e. The highest BCUT2D eigenvalue weighted by molar-refractivity contribution is 9.09. The van der Waals surface area contributed by atoms with Crippen molar-refractivity contribution >= 4 is 21.7 Å². The van der Waals surface area contributed by atoms with E-state index in [-0.39, 0.29) is 5.56 Å². The molecular weight excluding hydrogens is 294 g/mol. The van der Waals surface area contributed by atoms with Crippen LogP contribution in [0.3, 0.4) is 0 Å². The molecule has 0 amide bonds. The Morgan fingerprint density at radius 1 is 1.44 bits per heavy atom. The lowest BCUT2D eigenvalue weighted by atomic mass is 10.1. The van der Waals surface area contributed by atoms with Gasteiger partial charge in [0.15, 0.2) is 5.82 Å². The third-order valence-electron chi connectivity index (χ3n) is 3.56. The summed E-state index contributed by atoms with van der Waals surface area (Å²) in [5.74, 6) is 0.616. The van der Waals surface area contributed by atoms with Crippen LogP contribution < -0.4 is 10.5 Å². The van der Waals surface area contributed by atoms with E-state index in [9.17, 15) is 4.79 Å². The standard InChI is InChI=1S/C13H20BrN3O/c1-2-16-9-7-15-12(13(16)18)17-8-5-3-4-6-11(17)10-14/h7,9,11H,2-6,8,10H2,1H3. The van der Waals surface area contributed by atoms with Gasteiger partial charge in [0, 0.05) is 36.9 Å². The summed E-state index contributed by atoms with van der Waals surface area (Å²) < 4.78 is 1.72. The van der Waals surface area contributed by atoms with Gasteiger partial charge in [-0.2, -0.15) is 0 Å². The molecule has 0 spiro atoms. The number of anilines is 1. The van der Waals surface area contributed by atoms with E-state index in [0.29, 0.717) is 18.4 Å². The van der Waals surface area contributed by atoms with Crippen LogP contribution in [-0.2, 0) is 6.54 Å². The van der Waals surface area contributed by atoms with Crippen molar-refractivity contribution in [1.29, 1.82) is 0 Å². The Balaban J connectivity index is 2.35. The SMILES string of the molecule is CCn1ccnc(N2CCCCCC2CBr)c1=O. The third kappa shape index (κ3) is 2.76. The molecule has 1 unspecified atom stereocenters. The molecule has 1 aliphatic rings. The van der Waals surface area contributed by atoms with Crippen molar-refractivity contribution in [2.75, 3.05) is 16.8 Å². The van der Waals surface area contributed by atoms with Crippen LogP contribution in [0, 0.1) is 0 Å². The normalized spacial score (nSPS) is 20.8. The second-order valence-corrected chi connectivity index (χ2v) is 5.34. The van der Waals surface area contributed by atoms with Crippen molar-refractivity contribution < 1.29 is 0 Å². The molecule has 0 aliphatic carbocycles. The van der Waals surface area contributed by atoms with Gasteiger partial charge in [-0.1, -0.05) is 28.8 Å². The van der Waals surface area contributed by atoms with E-state index in [0.717, 1.165) is 24.7 Å². The van der Waals surface area contributed by atoms with E-state index < -0.39 is 0 Å². The lowest BCUT2D eigenvalue weighted by molar-refractivity contribution is 0.610. The quantitative estimate of drug-likeness (QED) is 0.804. The van der Waals surface area contributed by atoms with Crippen molar-refractivity contribution in [3.63, 3.8) is 0 Å². The van der Waals surface area contributed by atoms with E-state index in [2.05, 4.69) is 25.8 Å². The zero-order chi connectivity index (χ0) is 13.0. The molecule has 18 heavy (non-hydrogen) atoms. The predicted molar refractivity (Wildman–Crippen MR) is 77.6 cm³/mol. The predicted octanol–water partition coefficient (Wildman–Crippen LogP) is 2.41. The van der Waals surface area contributed by atoms with E-state index in [1.165, 1.54) is 12.8 Å². The second-order valence-electron chi connectivity index (χ2n) is 4.69. The van der Waals surface area contributed by atoms with Crippen LogP contribution in [0.25, 0.3) is 0 Å². The minimum atomic E-state index is 0.0350. The number of aromatic nitrogens is 2. The molecule has 1 saturated heterocycles. The summed E-state index contributed by atoms with van der Waals surface area (Å²) in [4.78, 5) is 18.8. The van der Waals surface area contributed by atoms with Gasteiger partial charge in [-0.3, -0.25) is 4.79 Å². The van der Waals surface area contributed by atoms with Crippen molar-refractivity contribution in [2.24, 2.45) is 0 Å².